The van der Waals surface area contributed by atoms with Gasteiger partial charge in [0.05, 0.1) is 11.4 Å². The van der Waals surface area contributed by atoms with E-state index in [-0.39, 0.29) is 0 Å². The van der Waals surface area contributed by atoms with Gasteiger partial charge < -0.3 is 0 Å². The molecule has 0 saturated heterocycles. The van der Waals surface area contributed by atoms with Crippen molar-refractivity contribution in [2.75, 3.05) is 0 Å². The fourth-order valence-corrected chi connectivity index (χ4v) is 1.36. The van der Waals surface area contributed by atoms with E-state index >= 15 is 0 Å². The Kier molecular flexibility index (Phi) is 2.27. The van der Waals surface area contributed by atoms with Gasteiger partial charge in [-0.25, -0.2) is 4.68 Å². The van der Waals surface area contributed by atoms with Crippen molar-refractivity contribution in [2.24, 2.45) is 0 Å². The van der Waals surface area contributed by atoms with Crippen molar-refractivity contribution in [1.29, 1.82) is 0 Å². The fourth-order valence-electron chi connectivity index (χ4n) is 1.36. The van der Waals surface area contributed by atoms with Gasteiger partial charge in [-0.2, -0.15) is 0 Å². The number of rotatable bonds is 2. The summed E-state index contributed by atoms with van der Waals surface area (Å²) < 4.78 is 1.96. The average Bonchev–Trinajstić information content (AvgIpc) is 2.30. The summed E-state index contributed by atoms with van der Waals surface area (Å²) in [5, 5.41) is 8.04. The molecule has 3 heteroatoms. The highest BCUT2D eigenvalue weighted by Gasteiger charge is 2.10. The Bertz CT molecular complexity index is 237. The predicted octanol–water partition coefficient (Wildman–Crippen LogP) is 1.73. The molecule has 0 spiro atoms. The van der Waals surface area contributed by atoms with Gasteiger partial charge in [-0.3, -0.25) is 0 Å². The quantitative estimate of drug-likeness (QED) is 0.647. The van der Waals surface area contributed by atoms with E-state index in [1.54, 1.807) is 0 Å². The fraction of sp³-hybridized carbons (Fsp3) is 0.750. The molecule has 0 aliphatic heterocycles. The molecule has 3 nitrogen and oxygen atoms in total. The van der Waals surface area contributed by atoms with Gasteiger partial charge in [0.25, 0.3) is 0 Å². The topological polar surface area (TPSA) is 30.7 Å². The molecule has 0 aliphatic carbocycles. The van der Waals surface area contributed by atoms with Gasteiger partial charge in [-0.15, -0.1) is 5.10 Å². The van der Waals surface area contributed by atoms with E-state index in [2.05, 4.69) is 31.1 Å². The van der Waals surface area contributed by atoms with Crippen LogP contribution in [0.2, 0.25) is 0 Å². The molecule has 0 N–H and O–H groups in total. The lowest BCUT2D eigenvalue weighted by Crippen LogP contribution is -2.04. The van der Waals surface area contributed by atoms with Gasteiger partial charge in [0.2, 0.25) is 0 Å². The van der Waals surface area contributed by atoms with Gasteiger partial charge in [-0.05, 0) is 19.8 Å². The predicted molar refractivity (Wildman–Crippen MR) is 44.5 cm³/mol. The van der Waals surface area contributed by atoms with Crippen molar-refractivity contribution in [3.63, 3.8) is 0 Å². The van der Waals surface area contributed by atoms with E-state index in [0.29, 0.717) is 5.92 Å². The zero-order chi connectivity index (χ0) is 8.43. The zero-order valence-corrected chi connectivity index (χ0v) is 7.63. The van der Waals surface area contributed by atoms with Gasteiger partial charge in [-0.1, -0.05) is 19.1 Å². The van der Waals surface area contributed by atoms with Crippen LogP contribution in [0.5, 0.6) is 0 Å². The van der Waals surface area contributed by atoms with Crippen molar-refractivity contribution >= 4 is 0 Å². The van der Waals surface area contributed by atoms with Crippen molar-refractivity contribution in [3.8, 4) is 0 Å². The number of aromatic nitrogens is 3. The summed E-state index contributed by atoms with van der Waals surface area (Å²) in [5.41, 5.74) is 2.31. The maximum absolute atomic E-state index is 4.02. The summed E-state index contributed by atoms with van der Waals surface area (Å²) in [7, 11) is 0. The molecular formula is C8H15N3. The molecule has 1 heterocycles. The molecule has 0 saturated carbocycles. The highest BCUT2D eigenvalue weighted by atomic mass is 15.4. The molecule has 1 aromatic rings. The van der Waals surface area contributed by atoms with E-state index in [4.69, 9.17) is 0 Å². The van der Waals surface area contributed by atoms with E-state index in [1.807, 2.05) is 11.6 Å². The molecule has 0 aliphatic rings. The minimum absolute atomic E-state index is 0.518. The minimum Gasteiger partial charge on any atom is -0.249 e. The van der Waals surface area contributed by atoms with Crippen molar-refractivity contribution in [3.05, 3.63) is 11.4 Å². The highest BCUT2D eigenvalue weighted by Crippen LogP contribution is 2.15. The summed E-state index contributed by atoms with van der Waals surface area (Å²) in [4.78, 5) is 0. The monoisotopic (exact) mass is 153 g/mol. The third kappa shape index (κ3) is 1.42. The van der Waals surface area contributed by atoms with Crippen LogP contribution in [0.4, 0.5) is 0 Å². The number of nitrogens with zero attached hydrogens (tertiary/aromatic N) is 3. The Hall–Kier alpha value is -0.860. The van der Waals surface area contributed by atoms with Gasteiger partial charge >= 0.3 is 0 Å². The average molecular weight is 153 g/mol. The first-order valence-corrected chi connectivity index (χ1v) is 4.06. The first kappa shape index (κ1) is 8.24. The van der Waals surface area contributed by atoms with Gasteiger partial charge in [0, 0.05) is 6.54 Å². The lowest BCUT2D eigenvalue weighted by molar-refractivity contribution is 0.579. The van der Waals surface area contributed by atoms with Crippen LogP contribution in [-0.4, -0.2) is 15.0 Å². The standard InChI is InChI=1S/C8H15N3/c1-5-11-8(6(2)3)7(4)9-10-11/h6H,5H2,1-4H3. The molecule has 0 radical (unpaired) electrons. The van der Waals surface area contributed by atoms with Crippen LogP contribution in [0.3, 0.4) is 0 Å². The summed E-state index contributed by atoms with van der Waals surface area (Å²) in [6.45, 7) is 9.33. The molecule has 0 aromatic carbocycles. The third-order valence-electron chi connectivity index (χ3n) is 1.80. The molecular weight excluding hydrogens is 138 g/mol. The Balaban J connectivity index is 3.07. The van der Waals surface area contributed by atoms with Gasteiger partial charge in [0.15, 0.2) is 0 Å². The lowest BCUT2D eigenvalue weighted by Gasteiger charge is -2.06. The zero-order valence-electron chi connectivity index (χ0n) is 7.63. The molecule has 0 bridgehead atoms. The Labute approximate surface area is 67.4 Å². The second-order valence-electron chi connectivity index (χ2n) is 3.03. The van der Waals surface area contributed by atoms with Crippen LogP contribution >= 0.6 is 0 Å². The van der Waals surface area contributed by atoms with Crippen molar-refractivity contribution < 1.29 is 0 Å². The van der Waals surface area contributed by atoms with Crippen LogP contribution in [0.25, 0.3) is 0 Å². The molecule has 0 fully saturated rings. The molecule has 1 aromatic heterocycles. The SMILES string of the molecule is CCn1nnc(C)c1C(C)C. The maximum atomic E-state index is 4.02. The van der Waals surface area contributed by atoms with Crippen LogP contribution < -0.4 is 0 Å². The maximum Gasteiger partial charge on any atom is 0.0830 e. The highest BCUT2D eigenvalue weighted by molar-refractivity contribution is 5.11. The largest absolute Gasteiger partial charge is 0.249 e. The van der Waals surface area contributed by atoms with E-state index in [1.165, 1.54) is 5.69 Å². The molecule has 0 atom stereocenters. The second kappa shape index (κ2) is 3.03. The minimum atomic E-state index is 0.518. The number of aryl methyl sites for hydroxylation is 2. The molecule has 0 amide bonds. The smallest absolute Gasteiger partial charge is 0.0830 e. The van der Waals surface area contributed by atoms with Gasteiger partial charge in [0.1, 0.15) is 0 Å². The number of hydrogen-bond acceptors (Lipinski definition) is 2. The summed E-state index contributed by atoms with van der Waals surface area (Å²) in [6.07, 6.45) is 0. The van der Waals surface area contributed by atoms with Crippen LogP contribution in [0.1, 0.15) is 38.1 Å². The third-order valence-corrected chi connectivity index (χ3v) is 1.80. The Morgan fingerprint density at radius 1 is 1.45 bits per heavy atom. The molecule has 11 heavy (non-hydrogen) atoms. The summed E-state index contributed by atoms with van der Waals surface area (Å²) in [6, 6.07) is 0. The Morgan fingerprint density at radius 2 is 2.09 bits per heavy atom. The molecule has 62 valence electrons. The van der Waals surface area contributed by atoms with Crippen molar-refractivity contribution in [2.45, 2.75) is 40.2 Å². The molecule has 1 rings (SSSR count). The first-order chi connectivity index (χ1) is 5.16. The van der Waals surface area contributed by atoms with E-state index in [9.17, 15) is 0 Å². The van der Waals surface area contributed by atoms with Crippen LogP contribution in [0.15, 0.2) is 0 Å². The van der Waals surface area contributed by atoms with Crippen LogP contribution in [0, 0.1) is 6.92 Å². The second-order valence-corrected chi connectivity index (χ2v) is 3.03. The summed E-state index contributed by atoms with van der Waals surface area (Å²) in [5.74, 6) is 0.518. The summed E-state index contributed by atoms with van der Waals surface area (Å²) >= 11 is 0. The normalized spacial score (nSPS) is 11.0. The Morgan fingerprint density at radius 3 is 2.45 bits per heavy atom. The lowest BCUT2D eigenvalue weighted by atomic mass is 10.1. The number of hydrogen-bond donors (Lipinski definition) is 0. The first-order valence-electron chi connectivity index (χ1n) is 4.06. The van der Waals surface area contributed by atoms with Crippen LogP contribution in [-0.2, 0) is 6.54 Å². The van der Waals surface area contributed by atoms with E-state index in [0.717, 1.165) is 12.2 Å². The molecule has 0 unspecified atom stereocenters. The van der Waals surface area contributed by atoms with E-state index < -0.39 is 0 Å². The van der Waals surface area contributed by atoms with Crippen molar-refractivity contribution in [1.82, 2.24) is 15.0 Å².